The van der Waals surface area contributed by atoms with Crippen molar-refractivity contribution >= 4 is 30.0 Å². The van der Waals surface area contributed by atoms with Gasteiger partial charge in [0.1, 0.15) is 0 Å². The molecule has 1 rings (SSSR count). The number of aryl methyl sites for hydroxylation is 1. The third-order valence-electron chi connectivity index (χ3n) is 4.16. The van der Waals surface area contributed by atoms with Gasteiger partial charge in [0.05, 0.1) is 17.6 Å². The summed E-state index contributed by atoms with van der Waals surface area (Å²) in [5, 5.41) is 0.0210. The first-order valence-corrected chi connectivity index (χ1v) is 12.4. The molecule has 0 saturated heterocycles. The zero-order valence-corrected chi connectivity index (χ0v) is 17.3. The van der Waals surface area contributed by atoms with E-state index in [-0.39, 0.29) is 22.4 Å². The lowest BCUT2D eigenvalue weighted by molar-refractivity contribution is 0.135. The molecule has 0 amide bonds. The van der Waals surface area contributed by atoms with E-state index < -0.39 is 24.5 Å². The second-order valence-corrected chi connectivity index (χ2v) is 13.9. The van der Waals surface area contributed by atoms with Crippen LogP contribution in [0.3, 0.4) is 0 Å². The van der Waals surface area contributed by atoms with Crippen LogP contribution < -0.4 is 0 Å². The summed E-state index contributed by atoms with van der Waals surface area (Å²) in [6.07, 6.45) is -0.446. The van der Waals surface area contributed by atoms with E-state index >= 15 is 0 Å². The average Bonchev–Trinajstić information content (AvgIpc) is 2.42. The third-order valence-corrected chi connectivity index (χ3v) is 10.3. The van der Waals surface area contributed by atoms with Crippen molar-refractivity contribution in [1.29, 1.82) is 0 Å². The zero-order chi connectivity index (χ0) is 17.9. The van der Waals surface area contributed by atoms with Crippen molar-refractivity contribution in [3.8, 4) is 0 Å². The molecule has 0 bridgehead atoms. The van der Waals surface area contributed by atoms with Gasteiger partial charge in [0.15, 0.2) is 8.32 Å². The summed E-state index contributed by atoms with van der Waals surface area (Å²) >= 11 is 5.94. The smallest absolute Gasteiger partial charge is 0.297 e. The molecule has 0 aliphatic carbocycles. The van der Waals surface area contributed by atoms with Crippen LogP contribution in [0.15, 0.2) is 29.2 Å². The fourth-order valence-corrected chi connectivity index (χ4v) is 4.17. The number of hydrogen-bond donors (Lipinski definition) is 0. The molecule has 0 N–H and O–H groups in total. The lowest BCUT2D eigenvalue weighted by Crippen LogP contribution is -2.45. The van der Waals surface area contributed by atoms with Gasteiger partial charge in [-0.3, -0.25) is 4.18 Å². The molecule has 1 aromatic carbocycles. The lowest BCUT2D eigenvalue weighted by atomic mass is 10.2. The molecule has 132 valence electrons. The van der Waals surface area contributed by atoms with Crippen LogP contribution in [-0.4, -0.2) is 35.3 Å². The molecule has 4 nitrogen and oxygen atoms in total. The minimum Gasteiger partial charge on any atom is -0.410 e. The van der Waals surface area contributed by atoms with E-state index in [4.69, 9.17) is 20.2 Å². The van der Waals surface area contributed by atoms with Crippen molar-refractivity contribution in [2.45, 2.75) is 56.8 Å². The van der Waals surface area contributed by atoms with Crippen LogP contribution in [0.5, 0.6) is 0 Å². The van der Waals surface area contributed by atoms with Gasteiger partial charge in [0, 0.05) is 5.88 Å². The van der Waals surface area contributed by atoms with Gasteiger partial charge in [-0.2, -0.15) is 8.42 Å². The van der Waals surface area contributed by atoms with Gasteiger partial charge in [-0.1, -0.05) is 38.5 Å². The summed E-state index contributed by atoms with van der Waals surface area (Å²) in [5.74, 6) is 0.190. The molecule has 23 heavy (non-hydrogen) atoms. The zero-order valence-electron chi connectivity index (χ0n) is 14.7. The van der Waals surface area contributed by atoms with Crippen LogP contribution in [0.25, 0.3) is 0 Å². The van der Waals surface area contributed by atoms with E-state index in [2.05, 4.69) is 33.9 Å². The van der Waals surface area contributed by atoms with Crippen LogP contribution in [0.1, 0.15) is 26.3 Å². The Bertz CT molecular complexity index is 606. The molecule has 1 aromatic rings. The third kappa shape index (κ3) is 5.87. The second kappa shape index (κ2) is 7.65. The molecule has 0 aliphatic rings. The standard InChI is InChI=1S/C16H27ClO4SSi/c1-13-7-9-15(10-8-13)22(18,19)20-12-14(11-17)21-23(5,6)16(2,3)4/h7-10,14H,11-12H2,1-6H3. The molecule has 0 spiro atoms. The van der Waals surface area contributed by atoms with Gasteiger partial charge in [-0.25, -0.2) is 0 Å². The Morgan fingerprint density at radius 2 is 1.70 bits per heavy atom. The highest BCUT2D eigenvalue weighted by Crippen LogP contribution is 2.37. The SMILES string of the molecule is Cc1ccc(S(=O)(=O)OCC(CCl)O[Si](C)(C)C(C)(C)C)cc1. The highest BCUT2D eigenvalue weighted by molar-refractivity contribution is 7.86. The van der Waals surface area contributed by atoms with Crippen molar-refractivity contribution in [1.82, 2.24) is 0 Å². The molecule has 0 fully saturated rings. The van der Waals surface area contributed by atoms with E-state index in [1.54, 1.807) is 12.1 Å². The van der Waals surface area contributed by atoms with Crippen molar-refractivity contribution in [2.75, 3.05) is 12.5 Å². The highest BCUT2D eigenvalue weighted by Gasteiger charge is 2.39. The second-order valence-electron chi connectivity index (χ2n) is 7.21. The summed E-state index contributed by atoms with van der Waals surface area (Å²) in [6.45, 7) is 12.4. The Kier molecular flexibility index (Phi) is 6.87. The molecule has 0 heterocycles. The summed E-state index contributed by atoms with van der Waals surface area (Å²) in [5.41, 5.74) is 0.990. The van der Waals surface area contributed by atoms with Crippen molar-refractivity contribution in [2.24, 2.45) is 0 Å². The van der Waals surface area contributed by atoms with Crippen LogP contribution in [0.4, 0.5) is 0 Å². The van der Waals surface area contributed by atoms with E-state index in [9.17, 15) is 8.42 Å². The number of hydrogen-bond acceptors (Lipinski definition) is 4. The molecule has 1 atom stereocenters. The summed E-state index contributed by atoms with van der Waals surface area (Å²) in [4.78, 5) is 0.142. The van der Waals surface area contributed by atoms with Gasteiger partial charge in [-0.15, -0.1) is 11.6 Å². The van der Waals surface area contributed by atoms with Crippen molar-refractivity contribution in [3.63, 3.8) is 0 Å². The first-order chi connectivity index (χ1) is 10.4. The Balaban J connectivity index is 2.76. The maximum absolute atomic E-state index is 12.2. The van der Waals surface area contributed by atoms with Crippen molar-refractivity contribution < 1.29 is 17.0 Å². The van der Waals surface area contributed by atoms with Gasteiger partial charge in [-0.05, 0) is 37.2 Å². The van der Waals surface area contributed by atoms with Crippen LogP contribution in [-0.2, 0) is 18.7 Å². The summed E-state index contributed by atoms with van der Waals surface area (Å²) < 4.78 is 35.7. The molecule has 0 radical (unpaired) electrons. The first kappa shape index (κ1) is 20.6. The fourth-order valence-electron chi connectivity index (χ4n) is 1.64. The van der Waals surface area contributed by atoms with Crippen LogP contribution in [0, 0.1) is 6.92 Å². The maximum Gasteiger partial charge on any atom is 0.297 e. The summed E-state index contributed by atoms with van der Waals surface area (Å²) in [6, 6.07) is 6.55. The first-order valence-electron chi connectivity index (χ1n) is 7.59. The van der Waals surface area contributed by atoms with Crippen LogP contribution in [0.2, 0.25) is 18.1 Å². The summed E-state index contributed by atoms with van der Waals surface area (Å²) in [7, 11) is -5.83. The molecular weight excluding hydrogens is 352 g/mol. The quantitative estimate of drug-likeness (QED) is 0.402. The Hall–Kier alpha value is -0.403. The average molecular weight is 379 g/mol. The largest absolute Gasteiger partial charge is 0.410 e. The van der Waals surface area contributed by atoms with E-state index in [0.717, 1.165) is 5.56 Å². The topological polar surface area (TPSA) is 52.6 Å². The minimum absolute atomic E-state index is 0.0210. The van der Waals surface area contributed by atoms with Gasteiger partial charge in [0.2, 0.25) is 0 Å². The van der Waals surface area contributed by atoms with Crippen LogP contribution >= 0.6 is 11.6 Å². The molecule has 0 aromatic heterocycles. The fraction of sp³-hybridized carbons (Fsp3) is 0.625. The van der Waals surface area contributed by atoms with Gasteiger partial charge in [0.25, 0.3) is 10.1 Å². The number of halogens is 1. The van der Waals surface area contributed by atoms with Gasteiger partial charge < -0.3 is 4.43 Å². The van der Waals surface area contributed by atoms with E-state index in [1.165, 1.54) is 12.1 Å². The molecule has 1 unspecified atom stereocenters. The van der Waals surface area contributed by atoms with E-state index in [1.807, 2.05) is 6.92 Å². The maximum atomic E-state index is 12.2. The predicted molar refractivity (Wildman–Crippen MR) is 97.1 cm³/mol. The lowest BCUT2D eigenvalue weighted by Gasteiger charge is -2.38. The predicted octanol–water partition coefficient (Wildman–Crippen LogP) is 4.33. The van der Waals surface area contributed by atoms with Crippen molar-refractivity contribution in [3.05, 3.63) is 29.8 Å². The number of rotatable bonds is 7. The minimum atomic E-state index is -3.80. The molecule has 0 aliphatic heterocycles. The van der Waals surface area contributed by atoms with Gasteiger partial charge >= 0.3 is 0 Å². The highest BCUT2D eigenvalue weighted by atomic mass is 35.5. The Morgan fingerprint density at radius 1 is 1.17 bits per heavy atom. The molecular formula is C16H27ClO4SSi. The monoisotopic (exact) mass is 378 g/mol. The Labute approximate surface area is 146 Å². The molecule has 7 heteroatoms. The molecule has 0 saturated carbocycles. The number of alkyl halides is 1. The Morgan fingerprint density at radius 3 is 2.13 bits per heavy atom. The normalized spacial score (nSPS) is 14.7. The number of benzene rings is 1. The van der Waals surface area contributed by atoms with E-state index in [0.29, 0.717) is 0 Å².